The number of nitrogens with zero attached hydrogens (tertiary/aromatic N) is 5. The van der Waals surface area contributed by atoms with Crippen LogP contribution in [0.4, 0.5) is 13.2 Å². The standard InChI is InChI=1S/C22H25ClF3N5O/c1-21(2,3)12-29(4)20(32)19-16(14-6-8-15(23)9-7-14)10-17(22(24,25)26)31(19)11-18-28-27-13-30(18)5/h6-10,13H,11-12H2,1-5H3. The number of aryl methyl sites for hydroxylation is 1. The number of benzene rings is 1. The zero-order chi connectivity index (χ0) is 23.8. The predicted octanol–water partition coefficient (Wildman–Crippen LogP) is 5.12. The lowest BCUT2D eigenvalue weighted by atomic mass is 9.96. The number of aromatic nitrogens is 4. The lowest BCUT2D eigenvalue weighted by Gasteiger charge is -2.27. The Kier molecular flexibility index (Phi) is 6.42. The Labute approximate surface area is 189 Å². The van der Waals surface area contributed by atoms with Gasteiger partial charge in [-0.05, 0) is 29.2 Å². The summed E-state index contributed by atoms with van der Waals surface area (Å²) in [5, 5.41) is 8.11. The highest BCUT2D eigenvalue weighted by Crippen LogP contribution is 2.38. The van der Waals surface area contributed by atoms with Crippen molar-refractivity contribution in [1.82, 2.24) is 24.2 Å². The van der Waals surface area contributed by atoms with Gasteiger partial charge in [0.1, 0.15) is 17.7 Å². The third-order valence-corrected chi connectivity index (χ3v) is 5.16. The predicted molar refractivity (Wildman–Crippen MR) is 116 cm³/mol. The molecule has 0 saturated carbocycles. The van der Waals surface area contributed by atoms with E-state index in [1.807, 2.05) is 20.8 Å². The Bertz CT molecular complexity index is 1110. The molecular weight excluding hydrogens is 443 g/mol. The number of alkyl halides is 3. The van der Waals surface area contributed by atoms with Gasteiger partial charge in [0.25, 0.3) is 5.91 Å². The molecule has 0 aliphatic carbocycles. The molecule has 0 spiro atoms. The molecule has 1 aromatic carbocycles. The van der Waals surface area contributed by atoms with Gasteiger partial charge in [0.05, 0.1) is 6.54 Å². The molecule has 3 rings (SSSR count). The van der Waals surface area contributed by atoms with Crippen LogP contribution in [0.1, 0.15) is 42.8 Å². The third-order valence-electron chi connectivity index (χ3n) is 4.91. The maximum atomic E-state index is 14.1. The summed E-state index contributed by atoms with van der Waals surface area (Å²) < 4.78 is 44.7. The molecule has 0 aliphatic heterocycles. The Morgan fingerprint density at radius 3 is 2.28 bits per heavy atom. The Hall–Kier alpha value is -2.81. The van der Waals surface area contributed by atoms with Crippen LogP contribution in [0.2, 0.25) is 5.02 Å². The largest absolute Gasteiger partial charge is 0.431 e. The smallest absolute Gasteiger partial charge is 0.340 e. The molecule has 0 radical (unpaired) electrons. The topological polar surface area (TPSA) is 56.0 Å². The third kappa shape index (κ3) is 5.15. The molecule has 0 unspecified atom stereocenters. The van der Waals surface area contributed by atoms with Crippen LogP contribution in [0.5, 0.6) is 0 Å². The summed E-state index contributed by atoms with van der Waals surface area (Å²) in [5.74, 6) is -0.219. The lowest BCUT2D eigenvalue weighted by Crippen LogP contribution is -2.36. The summed E-state index contributed by atoms with van der Waals surface area (Å²) >= 11 is 5.97. The van der Waals surface area contributed by atoms with Gasteiger partial charge in [-0.2, -0.15) is 13.2 Å². The van der Waals surface area contributed by atoms with Crippen molar-refractivity contribution in [3.8, 4) is 11.1 Å². The first kappa shape index (κ1) is 23.8. The number of carbonyl (C=O) groups is 1. The average molecular weight is 468 g/mol. The zero-order valence-electron chi connectivity index (χ0n) is 18.5. The minimum atomic E-state index is -4.68. The summed E-state index contributed by atoms with van der Waals surface area (Å²) in [5.41, 5.74) is -0.586. The van der Waals surface area contributed by atoms with Crippen molar-refractivity contribution in [3.05, 3.63) is 58.9 Å². The normalized spacial score (nSPS) is 12.3. The number of halogens is 4. The lowest BCUT2D eigenvalue weighted by molar-refractivity contribution is -0.143. The molecule has 0 N–H and O–H groups in total. The minimum Gasteiger partial charge on any atom is -0.340 e. The first-order valence-corrected chi connectivity index (χ1v) is 10.3. The van der Waals surface area contributed by atoms with Gasteiger partial charge >= 0.3 is 6.18 Å². The van der Waals surface area contributed by atoms with Gasteiger partial charge in [0, 0.05) is 31.2 Å². The minimum absolute atomic E-state index is 0.0607. The fraction of sp³-hybridized carbons (Fsp3) is 0.409. The van der Waals surface area contributed by atoms with E-state index in [1.165, 1.54) is 15.8 Å². The van der Waals surface area contributed by atoms with E-state index in [-0.39, 0.29) is 23.2 Å². The van der Waals surface area contributed by atoms with E-state index < -0.39 is 17.8 Å². The van der Waals surface area contributed by atoms with Crippen LogP contribution in [0.25, 0.3) is 11.1 Å². The SMILES string of the molecule is CN(CC(C)(C)C)C(=O)c1c(-c2ccc(Cl)cc2)cc(C(F)(F)F)n1Cc1nncn1C. The second-order valence-electron chi connectivity index (χ2n) is 8.96. The van der Waals surface area contributed by atoms with Crippen molar-refractivity contribution in [3.63, 3.8) is 0 Å². The van der Waals surface area contributed by atoms with E-state index in [1.54, 1.807) is 38.4 Å². The van der Waals surface area contributed by atoms with Gasteiger partial charge in [-0.25, -0.2) is 0 Å². The van der Waals surface area contributed by atoms with Gasteiger partial charge in [0.15, 0.2) is 5.82 Å². The van der Waals surface area contributed by atoms with Crippen molar-refractivity contribution < 1.29 is 18.0 Å². The first-order valence-electron chi connectivity index (χ1n) is 9.93. The number of hydrogen-bond acceptors (Lipinski definition) is 3. The highest BCUT2D eigenvalue weighted by Gasteiger charge is 2.39. The van der Waals surface area contributed by atoms with Crippen LogP contribution >= 0.6 is 11.6 Å². The zero-order valence-corrected chi connectivity index (χ0v) is 19.3. The second kappa shape index (κ2) is 8.61. The van der Waals surface area contributed by atoms with Crippen molar-refractivity contribution in [2.45, 2.75) is 33.5 Å². The second-order valence-corrected chi connectivity index (χ2v) is 9.40. The fourth-order valence-corrected chi connectivity index (χ4v) is 3.71. The van der Waals surface area contributed by atoms with E-state index in [4.69, 9.17) is 11.6 Å². The molecule has 0 fully saturated rings. The van der Waals surface area contributed by atoms with Gasteiger partial charge in [-0.3, -0.25) is 4.79 Å². The van der Waals surface area contributed by atoms with E-state index in [0.717, 1.165) is 10.6 Å². The van der Waals surface area contributed by atoms with Crippen LogP contribution < -0.4 is 0 Å². The molecule has 32 heavy (non-hydrogen) atoms. The van der Waals surface area contributed by atoms with Gasteiger partial charge in [-0.15, -0.1) is 10.2 Å². The summed E-state index contributed by atoms with van der Waals surface area (Å²) in [7, 11) is 3.23. The summed E-state index contributed by atoms with van der Waals surface area (Å²) in [6.45, 7) is 5.97. The Morgan fingerprint density at radius 2 is 1.78 bits per heavy atom. The number of carbonyl (C=O) groups excluding carboxylic acids is 1. The van der Waals surface area contributed by atoms with Crippen LogP contribution in [0.3, 0.4) is 0 Å². The maximum absolute atomic E-state index is 14.1. The molecule has 0 aliphatic rings. The molecule has 10 heteroatoms. The van der Waals surface area contributed by atoms with Gasteiger partial charge in [0.2, 0.25) is 0 Å². The Balaban J connectivity index is 2.25. The molecule has 2 heterocycles. The van der Waals surface area contributed by atoms with Crippen molar-refractivity contribution in [2.24, 2.45) is 12.5 Å². The number of amides is 1. The highest BCUT2D eigenvalue weighted by molar-refractivity contribution is 6.30. The van der Waals surface area contributed by atoms with E-state index in [9.17, 15) is 18.0 Å². The fourth-order valence-electron chi connectivity index (χ4n) is 3.58. The van der Waals surface area contributed by atoms with Gasteiger partial charge in [-0.1, -0.05) is 44.5 Å². The molecule has 3 aromatic rings. The van der Waals surface area contributed by atoms with E-state index >= 15 is 0 Å². The first-order chi connectivity index (χ1) is 14.8. The quantitative estimate of drug-likeness (QED) is 0.523. The molecule has 0 saturated heterocycles. The van der Waals surface area contributed by atoms with Crippen molar-refractivity contribution >= 4 is 17.5 Å². The Morgan fingerprint density at radius 1 is 1.16 bits per heavy atom. The molecule has 0 bridgehead atoms. The van der Waals surface area contributed by atoms with Crippen LogP contribution in [-0.2, 0) is 19.8 Å². The highest BCUT2D eigenvalue weighted by atomic mass is 35.5. The monoisotopic (exact) mass is 467 g/mol. The summed E-state index contributed by atoms with van der Waals surface area (Å²) in [6.07, 6.45) is -3.28. The van der Waals surface area contributed by atoms with Crippen LogP contribution in [-0.4, -0.2) is 43.7 Å². The molecule has 2 aromatic heterocycles. The molecule has 172 valence electrons. The molecule has 6 nitrogen and oxygen atoms in total. The van der Waals surface area contributed by atoms with Crippen LogP contribution in [0.15, 0.2) is 36.7 Å². The van der Waals surface area contributed by atoms with Crippen molar-refractivity contribution in [2.75, 3.05) is 13.6 Å². The molecule has 0 atom stereocenters. The summed E-state index contributed by atoms with van der Waals surface area (Å²) in [4.78, 5) is 15.0. The maximum Gasteiger partial charge on any atom is 0.431 e. The number of hydrogen-bond donors (Lipinski definition) is 0. The van der Waals surface area contributed by atoms with E-state index in [2.05, 4.69) is 10.2 Å². The van der Waals surface area contributed by atoms with Gasteiger partial charge < -0.3 is 14.0 Å². The molecule has 1 amide bonds. The van der Waals surface area contributed by atoms with Crippen LogP contribution in [0, 0.1) is 5.41 Å². The van der Waals surface area contributed by atoms with E-state index in [0.29, 0.717) is 23.0 Å². The molecular formula is C22H25ClF3N5O. The summed E-state index contributed by atoms with van der Waals surface area (Å²) in [6, 6.07) is 7.38. The number of rotatable bonds is 5. The van der Waals surface area contributed by atoms with Crippen molar-refractivity contribution in [1.29, 1.82) is 0 Å². The average Bonchev–Trinajstić information content (AvgIpc) is 3.24.